The van der Waals surface area contributed by atoms with Gasteiger partial charge >= 0.3 is 0 Å². The molecule has 0 saturated carbocycles. The highest BCUT2D eigenvalue weighted by Gasteiger charge is 2.37. The largest absolute Gasteiger partial charge is 0.354 e. The van der Waals surface area contributed by atoms with Crippen LogP contribution in [0.2, 0.25) is 5.02 Å². The van der Waals surface area contributed by atoms with Crippen LogP contribution in [0.25, 0.3) is 22.2 Å². The van der Waals surface area contributed by atoms with Gasteiger partial charge in [-0.3, -0.25) is 4.79 Å². The monoisotopic (exact) mass is 366 g/mol. The number of para-hydroxylation sites is 1. The molecule has 1 aliphatic rings. The predicted octanol–water partition coefficient (Wildman–Crippen LogP) is 5.95. The molecule has 1 N–H and O–H groups in total. The Morgan fingerprint density at radius 2 is 1.92 bits per heavy atom. The first-order chi connectivity index (χ1) is 12.6. The van der Waals surface area contributed by atoms with E-state index >= 15 is 0 Å². The summed E-state index contributed by atoms with van der Waals surface area (Å²) in [6, 6.07) is 16.6. The molecular weight excluding hydrogens is 344 g/mol. The van der Waals surface area contributed by atoms with Crippen molar-refractivity contribution in [3.63, 3.8) is 0 Å². The molecule has 1 aromatic heterocycles. The molecule has 1 saturated heterocycles. The van der Waals surface area contributed by atoms with Gasteiger partial charge < -0.3 is 9.88 Å². The van der Waals surface area contributed by atoms with Crippen molar-refractivity contribution in [2.75, 3.05) is 0 Å². The van der Waals surface area contributed by atoms with Crippen LogP contribution in [0.4, 0.5) is 0 Å². The lowest BCUT2D eigenvalue weighted by atomic mass is 9.96. The number of carbonyl (C=O) groups excluding carboxylic acids is 1. The zero-order valence-electron chi connectivity index (χ0n) is 15.1. The summed E-state index contributed by atoms with van der Waals surface area (Å²) >= 11 is 6.08. The molecule has 0 bridgehead atoms. The van der Waals surface area contributed by atoms with E-state index in [-0.39, 0.29) is 18.0 Å². The Balaban J connectivity index is 1.92. The molecule has 0 unspecified atom stereocenters. The van der Waals surface area contributed by atoms with Crippen molar-refractivity contribution in [3.05, 3.63) is 59.1 Å². The maximum atomic E-state index is 12.6. The number of nitrogens with zero attached hydrogens (tertiary/aromatic N) is 1. The average molecular weight is 367 g/mol. The third kappa shape index (κ3) is 2.80. The maximum absolute atomic E-state index is 12.6. The Bertz CT molecular complexity index is 944. The Kier molecular flexibility index (Phi) is 4.49. The molecule has 4 heteroatoms. The van der Waals surface area contributed by atoms with Crippen LogP contribution in [0, 0.1) is 0 Å². The van der Waals surface area contributed by atoms with Gasteiger partial charge in [0.1, 0.15) is 0 Å². The van der Waals surface area contributed by atoms with Crippen LogP contribution < -0.4 is 0 Å². The fraction of sp³-hybridized carbons (Fsp3) is 0.318. The van der Waals surface area contributed by atoms with Crippen molar-refractivity contribution in [1.82, 2.24) is 9.88 Å². The number of fused-ring (bicyclic) bond motifs is 1. The van der Waals surface area contributed by atoms with E-state index in [0.717, 1.165) is 34.6 Å². The summed E-state index contributed by atoms with van der Waals surface area (Å²) in [4.78, 5) is 18.3. The Morgan fingerprint density at radius 3 is 2.65 bits per heavy atom. The number of hydrogen-bond acceptors (Lipinski definition) is 1. The van der Waals surface area contributed by atoms with Crippen molar-refractivity contribution >= 4 is 28.4 Å². The predicted molar refractivity (Wildman–Crippen MR) is 107 cm³/mol. The average Bonchev–Trinajstić information content (AvgIpc) is 3.22. The summed E-state index contributed by atoms with van der Waals surface area (Å²) in [7, 11) is 0. The number of H-pyrrole nitrogens is 1. The summed E-state index contributed by atoms with van der Waals surface area (Å²) in [5, 5.41) is 1.93. The number of aromatic amines is 1. The first kappa shape index (κ1) is 17.2. The summed E-state index contributed by atoms with van der Waals surface area (Å²) in [6.07, 6.45) is 2.45. The molecule has 1 amide bonds. The van der Waals surface area contributed by atoms with Gasteiger partial charge in [-0.05, 0) is 43.5 Å². The van der Waals surface area contributed by atoms with Crippen molar-refractivity contribution in [3.8, 4) is 11.3 Å². The Labute approximate surface area is 159 Å². The van der Waals surface area contributed by atoms with E-state index in [9.17, 15) is 4.79 Å². The molecule has 2 heterocycles. The molecular formula is C22H23ClN2O. The lowest BCUT2D eigenvalue weighted by Crippen LogP contribution is -2.35. The fourth-order valence-electron chi connectivity index (χ4n) is 4.09. The van der Waals surface area contributed by atoms with Crippen LogP contribution in [0.15, 0.2) is 48.5 Å². The number of aromatic nitrogens is 1. The van der Waals surface area contributed by atoms with E-state index in [1.807, 2.05) is 30.3 Å². The number of benzene rings is 2. The first-order valence-electron chi connectivity index (χ1n) is 9.28. The summed E-state index contributed by atoms with van der Waals surface area (Å²) in [6.45, 7) is 4.29. The molecule has 134 valence electrons. The molecule has 4 rings (SSSR count). The van der Waals surface area contributed by atoms with E-state index in [0.29, 0.717) is 6.42 Å². The molecule has 0 aliphatic carbocycles. The van der Waals surface area contributed by atoms with Crippen LogP contribution >= 0.6 is 11.6 Å². The van der Waals surface area contributed by atoms with Gasteiger partial charge in [0.05, 0.1) is 11.7 Å². The Hall–Kier alpha value is -2.26. The molecule has 2 aromatic carbocycles. The van der Waals surface area contributed by atoms with Gasteiger partial charge in [-0.25, -0.2) is 0 Å². The topological polar surface area (TPSA) is 36.1 Å². The highest BCUT2D eigenvalue weighted by atomic mass is 35.5. The SMILES string of the molecule is CC[C@H](C)N1C(=O)CC[C@@H]1c1c(-c2ccc(Cl)cc2)[nH]c2ccccc12. The highest BCUT2D eigenvalue weighted by Crippen LogP contribution is 2.43. The number of nitrogens with one attached hydrogen (secondary N) is 1. The molecule has 0 spiro atoms. The molecule has 3 aromatic rings. The lowest BCUT2D eigenvalue weighted by Gasteiger charge is -2.31. The Morgan fingerprint density at radius 1 is 1.19 bits per heavy atom. The first-order valence-corrected chi connectivity index (χ1v) is 9.65. The fourth-order valence-corrected chi connectivity index (χ4v) is 4.22. The van der Waals surface area contributed by atoms with Crippen LogP contribution in [0.3, 0.4) is 0 Å². The van der Waals surface area contributed by atoms with E-state index in [1.54, 1.807) is 0 Å². The number of amides is 1. The quantitative estimate of drug-likeness (QED) is 0.608. The maximum Gasteiger partial charge on any atom is 0.223 e. The molecule has 0 radical (unpaired) electrons. The number of hydrogen-bond donors (Lipinski definition) is 1. The number of carbonyl (C=O) groups is 1. The smallest absolute Gasteiger partial charge is 0.223 e. The molecule has 2 atom stereocenters. The van der Waals surface area contributed by atoms with E-state index in [2.05, 4.69) is 41.9 Å². The number of rotatable bonds is 4. The van der Waals surface area contributed by atoms with E-state index < -0.39 is 0 Å². The van der Waals surface area contributed by atoms with Crippen LogP contribution in [-0.4, -0.2) is 21.8 Å². The molecule has 3 nitrogen and oxygen atoms in total. The van der Waals surface area contributed by atoms with Gasteiger partial charge in [0.15, 0.2) is 0 Å². The van der Waals surface area contributed by atoms with E-state index in [1.165, 1.54) is 10.9 Å². The van der Waals surface area contributed by atoms with Gasteiger partial charge in [0.2, 0.25) is 5.91 Å². The van der Waals surface area contributed by atoms with Crippen molar-refractivity contribution in [1.29, 1.82) is 0 Å². The van der Waals surface area contributed by atoms with Crippen LogP contribution in [0.1, 0.15) is 44.7 Å². The third-order valence-electron chi connectivity index (χ3n) is 5.53. The summed E-state index contributed by atoms with van der Waals surface area (Å²) < 4.78 is 0. The highest BCUT2D eigenvalue weighted by molar-refractivity contribution is 6.30. The standard InChI is InChI=1S/C22H23ClN2O/c1-3-14(2)25-19(12-13-20(25)26)21-17-6-4-5-7-18(17)24-22(21)15-8-10-16(23)11-9-15/h4-11,14,19,24H,3,12-13H2,1-2H3/t14-,19+/m0/s1. The van der Waals surface area contributed by atoms with Crippen molar-refractivity contribution < 1.29 is 4.79 Å². The second-order valence-corrected chi connectivity index (χ2v) is 7.52. The van der Waals surface area contributed by atoms with Crippen molar-refractivity contribution in [2.45, 2.75) is 45.2 Å². The van der Waals surface area contributed by atoms with Crippen molar-refractivity contribution in [2.24, 2.45) is 0 Å². The zero-order valence-corrected chi connectivity index (χ0v) is 15.9. The van der Waals surface area contributed by atoms with Crippen LogP contribution in [-0.2, 0) is 4.79 Å². The molecule has 26 heavy (non-hydrogen) atoms. The van der Waals surface area contributed by atoms with Gasteiger partial charge in [-0.15, -0.1) is 0 Å². The molecule has 1 fully saturated rings. The third-order valence-corrected chi connectivity index (χ3v) is 5.79. The zero-order chi connectivity index (χ0) is 18.3. The second-order valence-electron chi connectivity index (χ2n) is 7.08. The second kappa shape index (κ2) is 6.81. The van der Waals surface area contributed by atoms with Gasteiger partial charge in [0, 0.05) is 34.0 Å². The lowest BCUT2D eigenvalue weighted by molar-refractivity contribution is -0.131. The minimum absolute atomic E-state index is 0.110. The normalized spacial score (nSPS) is 18.7. The molecule has 1 aliphatic heterocycles. The number of halogens is 1. The van der Waals surface area contributed by atoms with Gasteiger partial charge in [-0.1, -0.05) is 48.9 Å². The van der Waals surface area contributed by atoms with Gasteiger partial charge in [0.25, 0.3) is 0 Å². The minimum Gasteiger partial charge on any atom is -0.354 e. The summed E-state index contributed by atoms with van der Waals surface area (Å²) in [5.74, 6) is 0.261. The number of likely N-dealkylation sites (tertiary alicyclic amines) is 1. The minimum atomic E-state index is 0.110. The van der Waals surface area contributed by atoms with Gasteiger partial charge in [-0.2, -0.15) is 0 Å². The summed E-state index contributed by atoms with van der Waals surface area (Å²) in [5.41, 5.74) is 4.53. The van der Waals surface area contributed by atoms with Crippen LogP contribution in [0.5, 0.6) is 0 Å². The van der Waals surface area contributed by atoms with E-state index in [4.69, 9.17) is 11.6 Å².